The fraction of sp³-hybridized carbons (Fsp3) is 1.00. The van der Waals surface area contributed by atoms with Crippen LogP contribution < -0.4 is 0 Å². The lowest BCUT2D eigenvalue weighted by molar-refractivity contribution is -0.338. The fourth-order valence-corrected chi connectivity index (χ4v) is 10.3. The molecule has 0 radical (unpaired) electrons. The largest absolute Gasteiger partial charge is 0.388 e. The normalized spacial score (nSPS) is 63.3. The summed E-state index contributed by atoms with van der Waals surface area (Å²) in [5, 5.41) is 36.8. The number of likely N-dealkylation sites (N-methyl/N-ethyl adjacent to an activating group) is 1. The van der Waals surface area contributed by atoms with Gasteiger partial charge in [0.15, 0.2) is 0 Å². The summed E-state index contributed by atoms with van der Waals surface area (Å²) in [7, 11) is 5.13. The van der Waals surface area contributed by atoms with E-state index in [2.05, 4.69) is 11.8 Å². The second-order valence-corrected chi connectivity index (χ2v) is 11.1. The molecule has 0 aromatic rings. The van der Waals surface area contributed by atoms with Crippen molar-refractivity contribution in [3.63, 3.8) is 0 Å². The Morgan fingerprint density at radius 1 is 1.00 bits per heavy atom. The van der Waals surface area contributed by atoms with Crippen LogP contribution in [0.15, 0.2) is 0 Å². The van der Waals surface area contributed by atoms with E-state index in [0.717, 1.165) is 32.2 Å². The summed E-state index contributed by atoms with van der Waals surface area (Å²) in [6.07, 6.45) is 2.77. The molecule has 3 N–H and O–H groups in total. The molecule has 6 rings (SSSR count). The molecule has 0 amide bonds. The van der Waals surface area contributed by atoms with Crippen molar-refractivity contribution in [1.29, 1.82) is 0 Å². The van der Waals surface area contributed by atoms with Gasteiger partial charge in [-0.15, -0.1) is 0 Å². The van der Waals surface area contributed by atoms with Crippen molar-refractivity contribution in [2.24, 2.45) is 29.1 Å². The molecule has 7 bridgehead atoms. The van der Waals surface area contributed by atoms with Crippen molar-refractivity contribution >= 4 is 0 Å². The Labute approximate surface area is 178 Å². The van der Waals surface area contributed by atoms with Gasteiger partial charge in [0.25, 0.3) is 0 Å². The van der Waals surface area contributed by atoms with Gasteiger partial charge >= 0.3 is 0 Å². The molecular formula is C23H37NO6. The summed E-state index contributed by atoms with van der Waals surface area (Å²) < 4.78 is 18.0. The van der Waals surface area contributed by atoms with Crippen LogP contribution in [-0.4, -0.2) is 95.8 Å². The number of piperidine rings is 1. The first-order chi connectivity index (χ1) is 14.3. The molecule has 12 atom stereocenters. The summed E-state index contributed by atoms with van der Waals surface area (Å²) in [5.74, 6) is -0.262. The highest BCUT2D eigenvalue weighted by Crippen LogP contribution is 2.78. The summed E-state index contributed by atoms with van der Waals surface area (Å²) in [6.45, 7) is 3.62. The Bertz CT molecular complexity index is 751. The van der Waals surface area contributed by atoms with E-state index in [4.69, 9.17) is 14.2 Å². The predicted octanol–water partition coefficient (Wildman–Crippen LogP) is 0.399. The number of hydrogen-bond donors (Lipinski definition) is 3. The number of likely N-dealkylation sites (tertiary alicyclic amines) is 1. The molecule has 170 valence electrons. The average Bonchev–Trinajstić information content (AvgIpc) is 3.16. The highest BCUT2D eigenvalue weighted by atomic mass is 16.5. The van der Waals surface area contributed by atoms with E-state index in [1.165, 1.54) is 0 Å². The third kappa shape index (κ3) is 1.80. The monoisotopic (exact) mass is 423 g/mol. The van der Waals surface area contributed by atoms with Crippen LogP contribution in [0.25, 0.3) is 0 Å². The van der Waals surface area contributed by atoms with E-state index in [0.29, 0.717) is 13.0 Å². The molecule has 5 aliphatic carbocycles. The van der Waals surface area contributed by atoms with Gasteiger partial charge in [-0.25, -0.2) is 0 Å². The van der Waals surface area contributed by atoms with Gasteiger partial charge in [-0.2, -0.15) is 0 Å². The average molecular weight is 424 g/mol. The molecule has 6 aliphatic rings. The zero-order valence-electron chi connectivity index (χ0n) is 18.6. The van der Waals surface area contributed by atoms with E-state index < -0.39 is 22.9 Å². The van der Waals surface area contributed by atoms with Crippen LogP contribution in [0.4, 0.5) is 0 Å². The molecule has 1 saturated heterocycles. The zero-order chi connectivity index (χ0) is 21.3. The SMILES string of the molecule is CCN1CC2(O)CCC(OC)C34C2CC([C@H]13)C1(O)CC(OC)C2CC4C1(O)C2OC. The molecule has 7 heteroatoms. The van der Waals surface area contributed by atoms with Crippen molar-refractivity contribution in [3.8, 4) is 0 Å². The quantitative estimate of drug-likeness (QED) is 0.603. The Hall–Kier alpha value is -0.280. The lowest BCUT2D eigenvalue weighted by Gasteiger charge is -2.70. The second-order valence-electron chi connectivity index (χ2n) is 11.1. The molecule has 7 nitrogen and oxygen atoms in total. The van der Waals surface area contributed by atoms with Crippen molar-refractivity contribution in [3.05, 3.63) is 0 Å². The predicted molar refractivity (Wildman–Crippen MR) is 108 cm³/mol. The minimum atomic E-state index is -1.34. The minimum absolute atomic E-state index is 0.0300. The second kappa shape index (κ2) is 5.99. The van der Waals surface area contributed by atoms with Gasteiger partial charge in [0, 0.05) is 63.5 Å². The highest BCUT2D eigenvalue weighted by molar-refractivity contribution is 5.38. The van der Waals surface area contributed by atoms with Gasteiger partial charge in [-0.1, -0.05) is 6.92 Å². The molecule has 1 spiro atoms. The number of ether oxygens (including phenoxy) is 3. The molecule has 30 heavy (non-hydrogen) atoms. The lowest BCUT2D eigenvalue weighted by Crippen LogP contribution is -2.83. The van der Waals surface area contributed by atoms with Crippen molar-refractivity contribution in [1.82, 2.24) is 4.90 Å². The summed E-state index contributed by atoms with van der Waals surface area (Å²) in [5.41, 5.74) is -3.81. The number of methoxy groups -OCH3 is 3. The minimum Gasteiger partial charge on any atom is -0.388 e. The third-order valence-electron chi connectivity index (χ3n) is 10.9. The number of β-amino-alcohol motifs (C(OH)–C–C–N with tert-alkyl or cyclic N) is 1. The van der Waals surface area contributed by atoms with Crippen LogP contribution in [0.1, 0.15) is 39.0 Å². The Morgan fingerprint density at radius 2 is 1.77 bits per heavy atom. The Balaban J connectivity index is 1.63. The molecule has 5 saturated carbocycles. The lowest BCUT2D eigenvalue weighted by atomic mass is 9.44. The number of hydrogen-bond acceptors (Lipinski definition) is 7. The Kier molecular flexibility index (Phi) is 4.06. The molecule has 1 aliphatic heterocycles. The molecule has 0 aromatic carbocycles. The van der Waals surface area contributed by atoms with Gasteiger partial charge in [0.2, 0.25) is 0 Å². The molecular weight excluding hydrogens is 386 g/mol. The van der Waals surface area contributed by atoms with Gasteiger partial charge < -0.3 is 29.5 Å². The van der Waals surface area contributed by atoms with Crippen molar-refractivity contribution < 1.29 is 29.5 Å². The first-order valence-corrected chi connectivity index (χ1v) is 11.8. The number of fused-ring (bicyclic) bond motifs is 2. The zero-order valence-corrected chi connectivity index (χ0v) is 18.6. The molecule has 0 aromatic heterocycles. The van der Waals surface area contributed by atoms with Crippen molar-refractivity contribution in [2.75, 3.05) is 34.4 Å². The van der Waals surface area contributed by atoms with Crippen LogP contribution in [0.2, 0.25) is 0 Å². The van der Waals surface area contributed by atoms with Crippen molar-refractivity contribution in [2.45, 2.75) is 80.2 Å². The summed E-state index contributed by atoms with van der Waals surface area (Å²) >= 11 is 0. The van der Waals surface area contributed by atoms with Crippen LogP contribution in [0, 0.1) is 29.1 Å². The number of nitrogens with zero attached hydrogens (tertiary/aromatic N) is 1. The topological polar surface area (TPSA) is 91.6 Å². The fourth-order valence-electron chi connectivity index (χ4n) is 10.3. The highest BCUT2D eigenvalue weighted by Gasteiger charge is 2.88. The van der Waals surface area contributed by atoms with Crippen LogP contribution in [-0.2, 0) is 14.2 Å². The third-order valence-corrected chi connectivity index (χ3v) is 10.9. The molecule has 11 unspecified atom stereocenters. The van der Waals surface area contributed by atoms with E-state index in [-0.39, 0.29) is 47.3 Å². The first kappa shape index (κ1) is 20.3. The maximum atomic E-state index is 12.4. The summed E-state index contributed by atoms with van der Waals surface area (Å²) in [4.78, 5) is 2.40. The first-order valence-electron chi connectivity index (χ1n) is 11.8. The standard InChI is InChI=1S/C23H37NO6/c1-5-24-11-20(25)7-6-17(29-3)22-15(20)9-13(18(22)24)21(26)10-14(28-2)12-8-16(22)23(21,27)19(12)30-4/h12-19,25-27H,5-11H2,1-4H3/t12?,13?,14?,15?,16?,17?,18-,19?,20?,21?,22?,23?/m0/s1. The smallest absolute Gasteiger partial charge is 0.124 e. The van der Waals surface area contributed by atoms with Gasteiger partial charge in [-0.3, -0.25) is 4.90 Å². The maximum absolute atomic E-state index is 12.4. The molecule has 6 fully saturated rings. The van der Waals surface area contributed by atoms with E-state index in [1.807, 2.05) is 0 Å². The number of rotatable bonds is 4. The number of aliphatic hydroxyl groups is 3. The summed E-state index contributed by atoms with van der Waals surface area (Å²) in [6, 6.07) is 0.0974. The van der Waals surface area contributed by atoms with E-state index in [1.54, 1.807) is 21.3 Å². The van der Waals surface area contributed by atoms with Crippen LogP contribution in [0.3, 0.4) is 0 Å². The van der Waals surface area contributed by atoms with Gasteiger partial charge in [0.05, 0.1) is 23.9 Å². The van der Waals surface area contributed by atoms with Crippen LogP contribution >= 0.6 is 0 Å². The maximum Gasteiger partial charge on any atom is 0.124 e. The van der Waals surface area contributed by atoms with Crippen LogP contribution in [0.5, 0.6) is 0 Å². The van der Waals surface area contributed by atoms with Gasteiger partial charge in [0.1, 0.15) is 11.2 Å². The molecule has 1 heterocycles. The Morgan fingerprint density at radius 3 is 2.40 bits per heavy atom. The van der Waals surface area contributed by atoms with Gasteiger partial charge in [-0.05, 0) is 38.1 Å². The van der Waals surface area contributed by atoms with E-state index in [9.17, 15) is 15.3 Å². The van der Waals surface area contributed by atoms with E-state index >= 15 is 0 Å².